The van der Waals surface area contributed by atoms with Crippen molar-refractivity contribution in [3.63, 3.8) is 0 Å². The summed E-state index contributed by atoms with van der Waals surface area (Å²) in [4.78, 5) is 0. The first-order valence-electron chi connectivity index (χ1n) is 7.42. The topological polar surface area (TPSA) is 20.2 Å². The van der Waals surface area contributed by atoms with E-state index < -0.39 is 0 Å². The highest BCUT2D eigenvalue weighted by atomic mass is 16.3. The molecule has 0 aliphatic heterocycles. The van der Waals surface area contributed by atoms with Crippen molar-refractivity contribution in [2.24, 2.45) is 29.6 Å². The summed E-state index contributed by atoms with van der Waals surface area (Å²) in [5.74, 6) is 4.91. The third-order valence-corrected chi connectivity index (χ3v) is 5.78. The lowest BCUT2D eigenvalue weighted by Crippen LogP contribution is -2.42. The highest BCUT2D eigenvalue weighted by molar-refractivity contribution is 4.93. The van der Waals surface area contributed by atoms with Crippen molar-refractivity contribution in [2.75, 3.05) is 0 Å². The van der Waals surface area contributed by atoms with Crippen molar-refractivity contribution in [1.82, 2.24) is 0 Å². The molecular weight excluding hydrogens is 196 g/mol. The molecule has 0 bridgehead atoms. The zero-order chi connectivity index (χ0) is 11.1. The van der Waals surface area contributed by atoms with Gasteiger partial charge in [-0.1, -0.05) is 13.3 Å². The average Bonchev–Trinajstić information content (AvgIpc) is 2.28. The molecular formula is C15H26O. The van der Waals surface area contributed by atoms with Gasteiger partial charge in [0.15, 0.2) is 0 Å². The van der Waals surface area contributed by atoms with Gasteiger partial charge in [-0.25, -0.2) is 0 Å². The van der Waals surface area contributed by atoms with Crippen molar-refractivity contribution < 1.29 is 5.11 Å². The molecule has 1 N–H and O–H groups in total. The minimum atomic E-state index is 0.0281. The highest BCUT2D eigenvalue weighted by Gasteiger charge is 2.43. The van der Waals surface area contributed by atoms with E-state index in [1.165, 1.54) is 38.5 Å². The van der Waals surface area contributed by atoms with Crippen LogP contribution in [0.1, 0.15) is 58.3 Å². The van der Waals surface area contributed by atoms with Crippen molar-refractivity contribution in [3.05, 3.63) is 0 Å². The van der Waals surface area contributed by atoms with E-state index in [2.05, 4.69) is 6.92 Å². The van der Waals surface area contributed by atoms with E-state index in [0.29, 0.717) is 0 Å². The minimum Gasteiger partial charge on any atom is -0.393 e. The predicted molar refractivity (Wildman–Crippen MR) is 66.1 cm³/mol. The zero-order valence-corrected chi connectivity index (χ0v) is 10.6. The van der Waals surface area contributed by atoms with Crippen molar-refractivity contribution in [2.45, 2.75) is 64.4 Å². The van der Waals surface area contributed by atoms with E-state index in [1.807, 2.05) is 0 Å². The molecule has 1 nitrogen and oxygen atoms in total. The van der Waals surface area contributed by atoms with Crippen LogP contribution in [0.2, 0.25) is 0 Å². The molecule has 6 unspecified atom stereocenters. The van der Waals surface area contributed by atoms with Gasteiger partial charge in [0.2, 0.25) is 0 Å². The van der Waals surface area contributed by atoms with Gasteiger partial charge in [-0.2, -0.15) is 0 Å². The molecule has 3 fully saturated rings. The molecule has 0 amide bonds. The van der Waals surface area contributed by atoms with Crippen LogP contribution in [0.5, 0.6) is 0 Å². The summed E-state index contributed by atoms with van der Waals surface area (Å²) >= 11 is 0. The van der Waals surface area contributed by atoms with Crippen LogP contribution in [0.25, 0.3) is 0 Å². The standard InChI is InChI=1S/C15H26O/c1-10-2-6-14-11(8-10)3-4-12-9-13(16)5-7-15(12)14/h10-16H,2-9H2,1H3. The SMILES string of the molecule is CC1CCC2C(CCC3CC(O)CCC32)C1. The van der Waals surface area contributed by atoms with Crippen LogP contribution in [-0.4, -0.2) is 11.2 Å². The smallest absolute Gasteiger partial charge is 0.0543 e. The lowest BCUT2D eigenvalue weighted by molar-refractivity contribution is -0.0245. The fourth-order valence-electron chi connectivity index (χ4n) is 5.00. The fourth-order valence-corrected chi connectivity index (χ4v) is 5.00. The summed E-state index contributed by atoms with van der Waals surface area (Å²) in [5.41, 5.74) is 0. The van der Waals surface area contributed by atoms with Gasteiger partial charge < -0.3 is 5.11 Å². The summed E-state index contributed by atoms with van der Waals surface area (Å²) in [6.45, 7) is 2.44. The monoisotopic (exact) mass is 222 g/mol. The van der Waals surface area contributed by atoms with Crippen LogP contribution in [0.4, 0.5) is 0 Å². The summed E-state index contributed by atoms with van der Waals surface area (Å²) in [7, 11) is 0. The Labute approximate surface area is 99.6 Å². The zero-order valence-electron chi connectivity index (χ0n) is 10.6. The molecule has 0 radical (unpaired) electrons. The Kier molecular flexibility index (Phi) is 2.99. The lowest BCUT2D eigenvalue weighted by Gasteiger charge is -2.50. The largest absolute Gasteiger partial charge is 0.393 e. The minimum absolute atomic E-state index is 0.0281. The predicted octanol–water partition coefficient (Wildman–Crippen LogP) is 3.61. The molecule has 3 aliphatic rings. The van der Waals surface area contributed by atoms with Crippen LogP contribution in [0.3, 0.4) is 0 Å². The van der Waals surface area contributed by atoms with Crippen molar-refractivity contribution >= 4 is 0 Å². The quantitative estimate of drug-likeness (QED) is 0.664. The van der Waals surface area contributed by atoms with Crippen LogP contribution in [-0.2, 0) is 0 Å². The Morgan fingerprint density at radius 1 is 0.750 bits per heavy atom. The molecule has 92 valence electrons. The summed E-state index contributed by atoms with van der Waals surface area (Å²) in [6.07, 6.45) is 10.9. The van der Waals surface area contributed by atoms with E-state index in [1.54, 1.807) is 0 Å². The first kappa shape index (κ1) is 11.1. The Morgan fingerprint density at radius 3 is 2.12 bits per heavy atom. The number of hydrogen-bond acceptors (Lipinski definition) is 1. The second-order valence-electron chi connectivity index (χ2n) is 6.81. The fraction of sp³-hybridized carbons (Fsp3) is 1.00. The lowest BCUT2D eigenvalue weighted by atomic mass is 9.56. The van der Waals surface area contributed by atoms with Crippen LogP contribution in [0.15, 0.2) is 0 Å². The van der Waals surface area contributed by atoms with Crippen molar-refractivity contribution in [1.29, 1.82) is 0 Å². The van der Waals surface area contributed by atoms with Gasteiger partial charge in [0.25, 0.3) is 0 Å². The third-order valence-electron chi connectivity index (χ3n) is 5.78. The van der Waals surface area contributed by atoms with E-state index in [0.717, 1.165) is 42.4 Å². The molecule has 0 aromatic heterocycles. The average molecular weight is 222 g/mol. The number of aliphatic hydroxyl groups excluding tert-OH is 1. The molecule has 1 heteroatoms. The normalized spacial score (nSPS) is 52.9. The van der Waals surface area contributed by atoms with Gasteiger partial charge in [0.05, 0.1) is 6.10 Å². The second kappa shape index (κ2) is 4.33. The molecule has 0 heterocycles. The highest BCUT2D eigenvalue weighted by Crippen LogP contribution is 2.52. The maximum Gasteiger partial charge on any atom is 0.0543 e. The molecule has 3 rings (SSSR count). The Morgan fingerprint density at radius 2 is 1.38 bits per heavy atom. The number of aliphatic hydroxyl groups is 1. The molecule has 3 aliphatic carbocycles. The maximum atomic E-state index is 9.79. The Bertz CT molecular complexity index is 224. The Balaban J connectivity index is 1.71. The first-order chi connectivity index (χ1) is 7.74. The molecule has 0 saturated heterocycles. The van der Waals surface area contributed by atoms with Crippen LogP contribution < -0.4 is 0 Å². The number of rotatable bonds is 0. The van der Waals surface area contributed by atoms with Crippen LogP contribution in [0, 0.1) is 29.6 Å². The van der Waals surface area contributed by atoms with Gasteiger partial charge in [-0.05, 0) is 74.5 Å². The third kappa shape index (κ3) is 1.92. The van der Waals surface area contributed by atoms with Gasteiger partial charge in [-0.3, -0.25) is 0 Å². The molecule has 0 spiro atoms. The molecule has 16 heavy (non-hydrogen) atoms. The summed E-state index contributed by atoms with van der Waals surface area (Å²) in [5, 5.41) is 9.79. The van der Waals surface area contributed by atoms with Crippen molar-refractivity contribution in [3.8, 4) is 0 Å². The van der Waals surface area contributed by atoms with E-state index >= 15 is 0 Å². The van der Waals surface area contributed by atoms with Gasteiger partial charge >= 0.3 is 0 Å². The molecule has 3 saturated carbocycles. The summed E-state index contributed by atoms with van der Waals surface area (Å²) < 4.78 is 0. The number of hydrogen-bond donors (Lipinski definition) is 1. The number of fused-ring (bicyclic) bond motifs is 3. The summed E-state index contributed by atoms with van der Waals surface area (Å²) in [6, 6.07) is 0. The van der Waals surface area contributed by atoms with E-state index in [9.17, 15) is 5.11 Å². The van der Waals surface area contributed by atoms with Gasteiger partial charge in [0.1, 0.15) is 0 Å². The van der Waals surface area contributed by atoms with Crippen LogP contribution >= 0.6 is 0 Å². The molecule has 0 aromatic carbocycles. The molecule has 0 aromatic rings. The first-order valence-corrected chi connectivity index (χ1v) is 7.42. The maximum absolute atomic E-state index is 9.79. The van der Waals surface area contributed by atoms with E-state index in [-0.39, 0.29) is 6.10 Å². The van der Waals surface area contributed by atoms with Gasteiger partial charge in [0, 0.05) is 0 Å². The van der Waals surface area contributed by atoms with E-state index in [4.69, 9.17) is 0 Å². The Hall–Kier alpha value is -0.0400. The molecule has 6 atom stereocenters. The second-order valence-corrected chi connectivity index (χ2v) is 6.81. The van der Waals surface area contributed by atoms with Gasteiger partial charge in [-0.15, -0.1) is 0 Å².